The Kier molecular flexibility index (Phi) is 2.89. The van der Waals surface area contributed by atoms with E-state index in [1.165, 1.54) is 0 Å². The van der Waals surface area contributed by atoms with Crippen molar-refractivity contribution in [3.05, 3.63) is 29.1 Å². The van der Waals surface area contributed by atoms with E-state index in [9.17, 15) is 18.0 Å². The molecule has 98 valence electrons. The highest BCUT2D eigenvalue weighted by atomic mass is 19.4. The quantitative estimate of drug-likeness (QED) is 0.743. The zero-order chi connectivity index (χ0) is 13.5. The fourth-order valence-corrected chi connectivity index (χ4v) is 1.88. The third kappa shape index (κ3) is 2.23. The van der Waals surface area contributed by atoms with E-state index in [4.69, 9.17) is 10.8 Å². The molecule has 0 aromatic carbocycles. The molecule has 0 saturated heterocycles. The zero-order valence-corrected chi connectivity index (χ0v) is 9.11. The zero-order valence-electron chi connectivity index (χ0n) is 9.11. The molecule has 8 heteroatoms. The van der Waals surface area contributed by atoms with Crippen molar-refractivity contribution in [2.24, 2.45) is 5.73 Å². The second-order valence-electron chi connectivity index (χ2n) is 4.04. The summed E-state index contributed by atoms with van der Waals surface area (Å²) in [5, 5.41) is 8.84. The molecule has 1 aliphatic rings. The minimum atomic E-state index is -4.50. The Hall–Kier alpha value is -1.83. The average Bonchev–Trinajstić information content (AvgIpc) is 2.26. The molecule has 1 aromatic rings. The minimum Gasteiger partial charge on any atom is -0.465 e. The van der Waals surface area contributed by atoms with E-state index in [2.05, 4.69) is 4.98 Å². The molecule has 2 heterocycles. The van der Waals surface area contributed by atoms with Gasteiger partial charge in [-0.15, -0.1) is 0 Å². The Labute approximate surface area is 100 Å². The second kappa shape index (κ2) is 4.13. The van der Waals surface area contributed by atoms with E-state index in [0.29, 0.717) is 5.69 Å². The van der Waals surface area contributed by atoms with Crippen molar-refractivity contribution < 1.29 is 23.1 Å². The SMILES string of the molecule is N[C@@H]1CN(C(=O)O)Cc2cc(C(F)(F)F)cnc21. The first-order valence-electron chi connectivity index (χ1n) is 5.08. The number of nitrogens with two attached hydrogens (primary N) is 1. The number of alkyl halides is 3. The molecule has 1 atom stereocenters. The lowest BCUT2D eigenvalue weighted by Gasteiger charge is -2.30. The molecule has 0 radical (unpaired) electrons. The van der Waals surface area contributed by atoms with Gasteiger partial charge in [0.15, 0.2) is 0 Å². The minimum absolute atomic E-state index is 0.0285. The van der Waals surface area contributed by atoms with Gasteiger partial charge in [0.05, 0.1) is 23.8 Å². The molecule has 0 bridgehead atoms. The number of fused-ring (bicyclic) bond motifs is 1. The summed E-state index contributed by atoms with van der Waals surface area (Å²) < 4.78 is 37.5. The maximum absolute atomic E-state index is 12.5. The van der Waals surface area contributed by atoms with Crippen molar-refractivity contribution in [3.8, 4) is 0 Å². The molecule has 5 nitrogen and oxygen atoms in total. The second-order valence-corrected chi connectivity index (χ2v) is 4.04. The van der Waals surface area contributed by atoms with Gasteiger partial charge in [-0.2, -0.15) is 13.2 Å². The molecule has 18 heavy (non-hydrogen) atoms. The summed E-state index contributed by atoms with van der Waals surface area (Å²) in [7, 11) is 0. The Morgan fingerprint density at radius 2 is 2.22 bits per heavy atom. The van der Waals surface area contributed by atoms with Crippen LogP contribution >= 0.6 is 0 Å². The molecule has 2 rings (SSSR count). The molecule has 0 aliphatic carbocycles. The topological polar surface area (TPSA) is 79.5 Å². The van der Waals surface area contributed by atoms with Gasteiger partial charge in [-0.3, -0.25) is 4.98 Å². The van der Waals surface area contributed by atoms with E-state index in [1.54, 1.807) is 0 Å². The lowest BCUT2D eigenvalue weighted by Crippen LogP contribution is -2.40. The number of aromatic nitrogens is 1. The van der Waals surface area contributed by atoms with Crippen molar-refractivity contribution in [1.29, 1.82) is 0 Å². The van der Waals surface area contributed by atoms with Gasteiger partial charge in [0, 0.05) is 12.7 Å². The Balaban J connectivity index is 2.40. The highest BCUT2D eigenvalue weighted by Crippen LogP contribution is 2.32. The van der Waals surface area contributed by atoms with Gasteiger partial charge < -0.3 is 15.7 Å². The van der Waals surface area contributed by atoms with Crippen LogP contribution < -0.4 is 5.73 Å². The van der Waals surface area contributed by atoms with Crippen LogP contribution in [0.1, 0.15) is 22.9 Å². The predicted octanol–water partition coefficient (Wildman–Crippen LogP) is 1.59. The standard InChI is InChI=1S/C10H10F3N3O2/c11-10(12,13)6-1-5-3-16(9(17)18)4-7(14)8(5)15-2-6/h1-2,7H,3-4,14H2,(H,17,18)/t7-/m1/s1. The summed E-state index contributed by atoms with van der Waals surface area (Å²) in [6.45, 7) is -0.101. The average molecular weight is 261 g/mol. The summed E-state index contributed by atoms with van der Waals surface area (Å²) in [5.41, 5.74) is 5.30. The largest absolute Gasteiger partial charge is 0.465 e. The summed E-state index contributed by atoms with van der Waals surface area (Å²) in [4.78, 5) is 15.5. The third-order valence-corrected chi connectivity index (χ3v) is 2.73. The molecular formula is C10H10F3N3O2. The van der Waals surface area contributed by atoms with Gasteiger partial charge in [0.1, 0.15) is 0 Å². The van der Waals surface area contributed by atoms with Gasteiger partial charge in [0.25, 0.3) is 0 Å². The fraction of sp³-hybridized carbons (Fsp3) is 0.400. The van der Waals surface area contributed by atoms with Crippen LogP contribution in [-0.4, -0.2) is 27.6 Å². The van der Waals surface area contributed by atoms with Crippen LogP contribution in [0.2, 0.25) is 0 Å². The number of nitrogens with zero attached hydrogens (tertiary/aromatic N) is 2. The van der Waals surface area contributed by atoms with Crippen LogP contribution in [0.5, 0.6) is 0 Å². The lowest BCUT2D eigenvalue weighted by atomic mass is 10.0. The van der Waals surface area contributed by atoms with Gasteiger partial charge in [0.2, 0.25) is 0 Å². The van der Waals surface area contributed by atoms with E-state index in [-0.39, 0.29) is 18.7 Å². The van der Waals surface area contributed by atoms with Crippen LogP contribution in [0.15, 0.2) is 12.3 Å². The monoisotopic (exact) mass is 261 g/mol. The van der Waals surface area contributed by atoms with Gasteiger partial charge in [-0.25, -0.2) is 4.79 Å². The van der Waals surface area contributed by atoms with Crippen molar-refractivity contribution in [2.75, 3.05) is 6.54 Å². The number of hydrogen-bond donors (Lipinski definition) is 2. The van der Waals surface area contributed by atoms with Crippen LogP contribution in [0.25, 0.3) is 0 Å². The number of rotatable bonds is 0. The summed E-state index contributed by atoms with van der Waals surface area (Å²) >= 11 is 0. The third-order valence-electron chi connectivity index (χ3n) is 2.73. The maximum Gasteiger partial charge on any atom is 0.417 e. The molecule has 1 amide bonds. The summed E-state index contributed by atoms with van der Waals surface area (Å²) in [5.74, 6) is 0. The Morgan fingerprint density at radius 3 is 2.78 bits per heavy atom. The normalized spacial score (nSPS) is 19.6. The highest BCUT2D eigenvalue weighted by Gasteiger charge is 2.34. The van der Waals surface area contributed by atoms with E-state index < -0.39 is 23.9 Å². The molecule has 0 spiro atoms. The molecule has 3 N–H and O–H groups in total. The lowest BCUT2D eigenvalue weighted by molar-refractivity contribution is -0.137. The van der Waals surface area contributed by atoms with Gasteiger partial charge in [-0.1, -0.05) is 0 Å². The van der Waals surface area contributed by atoms with Crippen molar-refractivity contribution in [1.82, 2.24) is 9.88 Å². The Morgan fingerprint density at radius 1 is 1.56 bits per heavy atom. The van der Waals surface area contributed by atoms with Crippen molar-refractivity contribution in [3.63, 3.8) is 0 Å². The maximum atomic E-state index is 12.5. The number of hydrogen-bond acceptors (Lipinski definition) is 3. The summed E-state index contributed by atoms with van der Waals surface area (Å²) in [6.07, 6.45) is -5.00. The molecule has 1 aliphatic heterocycles. The van der Waals surface area contributed by atoms with Crippen LogP contribution in [0, 0.1) is 0 Å². The molecule has 0 saturated carbocycles. The van der Waals surface area contributed by atoms with Crippen LogP contribution in [0.3, 0.4) is 0 Å². The fourth-order valence-electron chi connectivity index (χ4n) is 1.88. The number of carboxylic acid groups (broad SMARTS) is 1. The Bertz CT molecular complexity index is 490. The molecule has 0 unspecified atom stereocenters. The van der Waals surface area contributed by atoms with E-state index >= 15 is 0 Å². The predicted molar refractivity (Wildman–Crippen MR) is 54.6 cm³/mol. The first kappa shape index (κ1) is 12.6. The van der Waals surface area contributed by atoms with Crippen LogP contribution in [-0.2, 0) is 12.7 Å². The summed E-state index contributed by atoms with van der Waals surface area (Å²) in [6, 6.07) is 0.198. The smallest absolute Gasteiger partial charge is 0.417 e. The van der Waals surface area contributed by atoms with E-state index in [0.717, 1.165) is 17.2 Å². The van der Waals surface area contributed by atoms with Crippen LogP contribution in [0.4, 0.5) is 18.0 Å². The van der Waals surface area contributed by atoms with Crippen molar-refractivity contribution >= 4 is 6.09 Å². The number of carbonyl (C=O) groups is 1. The molecule has 0 fully saturated rings. The number of amides is 1. The highest BCUT2D eigenvalue weighted by molar-refractivity contribution is 5.65. The number of pyridine rings is 1. The molecule has 1 aromatic heterocycles. The van der Waals surface area contributed by atoms with Gasteiger partial charge in [-0.05, 0) is 11.6 Å². The first-order chi connectivity index (χ1) is 8.29. The molecular weight excluding hydrogens is 251 g/mol. The first-order valence-corrected chi connectivity index (χ1v) is 5.08. The van der Waals surface area contributed by atoms with E-state index in [1.807, 2.05) is 0 Å². The van der Waals surface area contributed by atoms with Crippen molar-refractivity contribution in [2.45, 2.75) is 18.8 Å². The number of halogens is 3. The van der Waals surface area contributed by atoms with Gasteiger partial charge >= 0.3 is 12.3 Å².